The third-order valence-electron chi connectivity index (χ3n) is 8.17. The van der Waals surface area contributed by atoms with Crippen LogP contribution >= 0.6 is 0 Å². The monoisotopic (exact) mass is 680 g/mol. The Kier molecular flexibility index (Phi) is 12.6. The van der Waals surface area contributed by atoms with Crippen LogP contribution in [0, 0.1) is 0 Å². The van der Waals surface area contributed by atoms with Crippen molar-refractivity contribution in [2.75, 3.05) is 19.8 Å². The molecular weight excluding hydrogens is 640 g/mol. The molecule has 0 aliphatic carbocycles. The van der Waals surface area contributed by atoms with Gasteiger partial charge < -0.3 is 105 Å². The lowest BCUT2D eigenvalue weighted by Crippen LogP contribution is -2.67. The maximum absolute atomic E-state index is 11.4. The Balaban J connectivity index is 1.44. The molecule has 0 bridgehead atoms. The lowest BCUT2D eigenvalue weighted by atomic mass is 9.95. The van der Waals surface area contributed by atoms with E-state index in [1.165, 1.54) is 0 Å². The number of carboxylic acids is 1. The summed E-state index contributed by atoms with van der Waals surface area (Å²) in [6.45, 7) is -2.72. The number of ether oxygens (including phenoxy) is 7. The first-order valence-electron chi connectivity index (χ1n) is 14.1. The Morgan fingerprint density at radius 1 is 0.457 bits per heavy atom. The molecule has 4 fully saturated rings. The van der Waals surface area contributed by atoms with Crippen molar-refractivity contribution in [3.63, 3.8) is 0 Å². The summed E-state index contributed by atoms with van der Waals surface area (Å²) in [7, 11) is 0. The highest BCUT2D eigenvalue weighted by molar-refractivity contribution is 5.73. The van der Waals surface area contributed by atoms with Crippen molar-refractivity contribution >= 4 is 5.97 Å². The first-order chi connectivity index (χ1) is 21.7. The number of carboxylic acid groups (broad SMARTS) is 1. The van der Waals surface area contributed by atoms with E-state index in [1.807, 2.05) is 0 Å². The molecule has 0 radical (unpaired) electrons. The van der Waals surface area contributed by atoms with Crippen LogP contribution in [0.3, 0.4) is 0 Å². The molecule has 0 aromatic rings. The van der Waals surface area contributed by atoms with Gasteiger partial charge in [-0.05, 0) is 0 Å². The Hall–Kier alpha value is -1.33. The Labute approximate surface area is 258 Å². The summed E-state index contributed by atoms with van der Waals surface area (Å²) in [5.74, 6) is -1.73. The zero-order valence-electron chi connectivity index (χ0n) is 23.7. The summed E-state index contributed by atoms with van der Waals surface area (Å²) >= 11 is 0. The first-order valence-corrected chi connectivity index (χ1v) is 14.1. The Morgan fingerprint density at radius 3 is 1.20 bits per heavy atom. The maximum Gasteiger partial charge on any atom is 0.335 e. The van der Waals surface area contributed by atoms with Gasteiger partial charge in [0.25, 0.3) is 0 Å². The van der Waals surface area contributed by atoms with Crippen LogP contribution in [0.2, 0.25) is 0 Å². The number of rotatable bonds is 10. The van der Waals surface area contributed by atoms with Crippen LogP contribution in [0.5, 0.6) is 0 Å². The lowest BCUT2D eigenvalue weighted by Gasteiger charge is -2.48. The minimum absolute atomic E-state index is 0.823. The third-order valence-corrected chi connectivity index (χ3v) is 8.17. The van der Waals surface area contributed by atoms with Crippen LogP contribution in [-0.2, 0) is 38.0 Å². The van der Waals surface area contributed by atoms with Gasteiger partial charge in [0.15, 0.2) is 31.3 Å². The summed E-state index contributed by atoms with van der Waals surface area (Å²) in [5.41, 5.74) is 0. The summed E-state index contributed by atoms with van der Waals surface area (Å²) in [6, 6.07) is 0. The van der Waals surface area contributed by atoms with Gasteiger partial charge in [-0.1, -0.05) is 0 Å². The average Bonchev–Trinajstić information content (AvgIpc) is 3.03. The molecule has 22 nitrogen and oxygen atoms in total. The second-order valence-electron chi connectivity index (χ2n) is 11.2. The van der Waals surface area contributed by atoms with Gasteiger partial charge in [-0.3, -0.25) is 0 Å². The van der Waals surface area contributed by atoms with Crippen molar-refractivity contribution < 1.29 is 109 Å². The summed E-state index contributed by atoms with van der Waals surface area (Å²) in [4.78, 5) is 11.4. The van der Waals surface area contributed by atoms with Crippen LogP contribution in [0.4, 0.5) is 0 Å². The zero-order chi connectivity index (χ0) is 34.2. The van der Waals surface area contributed by atoms with E-state index in [4.69, 9.17) is 33.2 Å². The molecule has 4 rings (SSSR count). The van der Waals surface area contributed by atoms with Gasteiger partial charge in [-0.15, -0.1) is 0 Å². The molecule has 0 saturated carbocycles. The predicted octanol–water partition coefficient (Wildman–Crippen LogP) is -9.66. The molecular formula is C24H40O22. The van der Waals surface area contributed by atoms with E-state index in [9.17, 15) is 76.3 Å². The molecule has 0 aromatic carbocycles. The largest absolute Gasteiger partial charge is 0.479 e. The summed E-state index contributed by atoms with van der Waals surface area (Å²) < 4.78 is 37.2. The Bertz CT molecular complexity index is 986. The molecule has 4 aliphatic rings. The SMILES string of the molecule is O=C(O)C1O[C@@H](O[C@@H]2C(CO)O[C@@H](O[C@@H]3C(CO)O[C@H](O[C@H]4C(CO)O[C@H](O)C(O)C4O)C(O)[C@H]3O)[C@@H](O)C2O)[C@@H](O)C(O)[C@@H]1O. The molecule has 4 heterocycles. The zero-order valence-corrected chi connectivity index (χ0v) is 23.7. The second kappa shape index (κ2) is 15.5. The average molecular weight is 681 g/mol. The third kappa shape index (κ3) is 7.31. The molecule has 4 saturated heterocycles. The van der Waals surface area contributed by atoms with Crippen molar-refractivity contribution in [2.24, 2.45) is 0 Å². The maximum atomic E-state index is 11.4. The number of hydrogen-bond donors (Lipinski definition) is 14. The molecule has 0 amide bonds. The van der Waals surface area contributed by atoms with Crippen molar-refractivity contribution in [3.8, 4) is 0 Å². The van der Waals surface area contributed by atoms with E-state index in [0.717, 1.165) is 0 Å². The number of aliphatic hydroxyl groups excluding tert-OH is 13. The van der Waals surface area contributed by atoms with Crippen LogP contribution in [0.25, 0.3) is 0 Å². The minimum atomic E-state index is -2.09. The van der Waals surface area contributed by atoms with Crippen molar-refractivity contribution in [1.82, 2.24) is 0 Å². The number of aliphatic carboxylic acids is 1. The van der Waals surface area contributed by atoms with E-state index in [2.05, 4.69) is 0 Å². The van der Waals surface area contributed by atoms with Crippen LogP contribution in [0.1, 0.15) is 0 Å². The molecule has 0 aromatic heterocycles. The fourth-order valence-corrected chi connectivity index (χ4v) is 5.53. The quantitative estimate of drug-likeness (QED) is 0.102. The highest BCUT2D eigenvalue weighted by Crippen LogP contribution is 2.34. The molecule has 22 heteroatoms. The topological polar surface area (TPSA) is 365 Å². The van der Waals surface area contributed by atoms with Crippen LogP contribution in [0.15, 0.2) is 0 Å². The number of carbonyl (C=O) groups is 1. The smallest absolute Gasteiger partial charge is 0.335 e. The van der Waals surface area contributed by atoms with Crippen molar-refractivity contribution in [1.29, 1.82) is 0 Å². The van der Waals surface area contributed by atoms with Gasteiger partial charge in [0.2, 0.25) is 0 Å². The van der Waals surface area contributed by atoms with Crippen molar-refractivity contribution in [3.05, 3.63) is 0 Å². The molecule has 4 aliphatic heterocycles. The standard InChI is InChI=1S/C24H40O22/c25-1-4-16(9(30)12(33)21(39)40-4)43-22-14(35)10(31)17(5(2-26)41-22)44-23-15(36)11(32)18(6(3-27)42-23)45-24-13(34)7(28)8(29)19(46-24)20(37)38/h4-19,21-36,39H,1-3H2,(H,37,38)/t4?,5?,6?,7?,8-,9?,10+,11?,12?,13-,14?,15-,16-,17+,18+,19?,21-,22+,23-,24+/m0/s1. The van der Waals surface area contributed by atoms with Gasteiger partial charge >= 0.3 is 5.97 Å². The van der Waals surface area contributed by atoms with E-state index >= 15 is 0 Å². The minimum Gasteiger partial charge on any atom is -0.479 e. The number of aliphatic hydroxyl groups is 13. The van der Waals surface area contributed by atoms with E-state index in [0.29, 0.717) is 0 Å². The molecule has 9 unspecified atom stereocenters. The van der Waals surface area contributed by atoms with Gasteiger partial charge in [0, 0.05) is 0 Å². The van der Waals surface area contributed by atoms with Crippen molar-refractivity contribution in [2.45, 2.75) is 123 Å². The molecule has 14 N–H and O–H groups in total. The van der Waals surface area contributed by atoms with Crippen LogP contribution < -0.4 is 0 Å². The van der Waals surface area contributed by atoms with E-state index < -0.39 is 149 Å². The van der Waals surface area contributed by atoms with E-state index in [-0.39, 0.29) is 0 Å². The first kappa shape index (κ1) is 37.5. The van der Waals surface area contributed by atoms with Gasteiger partial charge in [0.05, 0.1) is 19.8 Å². The van der Waals surface area contributed by atoms with Gasteiger partial charge in [-0.25, -0.2) is 4.79 Å². The molecule has 0 spiro atoms. The number of hydrogen-bond acceptors (Lipinski definition) is 21. The highest BCUT2D eigenvalue weighted by atomic mass is 16.8. The Morgan fingerprint density at radius 2 is 0.804 bits per heavy atom. The summed E-state index contributed by atoms with van der Waals surface area (Å²) in [6.07, 6.45) is -37.7. The fourth-order valence-electron chi connectivity index (χ4n) is 5.53. The fraction of sp³-hybridized carbons (Fsp3) is 0.958. The normalized spacial score (nSPS) is 51.9. The summed E-state index contributed by atoms with van der Waals surface area (Å²) in [5, 5.41) is 142. The van der Waals surface area contributed by atoms with Gasteiger partial charge in [-0.2, -0.15) is 0 Å². The lowest BCUT2D eigenvalue weighted by molar-refractivity contribution is -0.386. The van der Waals surface area contributed by atoms with Gasteiger partial charge in [0.1, 0.15) is 91.6 Å². The predicted molar refractivity (Wildman–Crippen MR) is 134 cm³/mol. The second-order valence-corrected chi connectivity index (χ2v) is 11.2. The van der Waals surface area contributed by atoms with Crippen LogP contribution in [-0.4, -0.2) is 220 Å². The highest BCUT2D eigenvalue weighted by Gasteiger charge is 2.55. The molecule has 46 heavy (non-hydrogen) atoms. The van der Waals surface area contributed by atoms with E-state index in [1.54, 1.807) is 0 Å². The molecule has 20 atom stereocenters. The molecule has 268 valence electrons.